The van der Waals surface area contributed by atoms with Crippen molar-refractivity contribution in [1.82, 2.24) is 20.1 Å². The first-order chi connectivity index (χ1) is 13.6. The van der Waals surface area contributed by atoms with Gasteiger partial charge in [-0.05, 0) is 57.7 Å². The van der Waals surface area contributed by atoms with Crippen molar-refractivity contribution < 1.29 is 9.53 Å². The molecule has 1 amide bonds. The molecule has 2 rings (SSSR count). The SMILES string of the molecule is CCc1ccc(OCc2nnc(SC(C)C(=O)NC(C)(C)C)n2CC(C)C)cc1. The van der Waals surface area contributed by atoms with E-state index >= 15 is 0 Å². The molecule has 0 radical (unpaired) electrons. The molecule has 2 aromatic rings. The number of carbonyl (C=O) groups is 1. The molecule has 1 aromatic heterocycles. The predicted octanol–water partition coefficient (Wildman–Crippen LogP) is 4.47. The summed E-state index contributed by atoms with van der Waals surface area (Å²) in [5.74, 6) is 2.00. The molecule has 6 nitrogen and oxygen atoms in total. The standard InChI is InChI=1S/C22H34N4O2S/c1-8-17-9-11-18(12-10-17)28-14-19-24-25-21(26(19)13-15(2)3)29-16(4)20(27)23-22(5,6)7/h9-12,15-16H,8,13-14H2,1-7H3,(H,23,27). The number of benzene rings is 1. The molecule has 1 heterocycles. The predicted molar refractivity (Wildman–Crippen MR) is 118 cm³/mol. The van der Waals surface area contributed by atoms with Crippen LogP contribution in [0.25, 0.3) is 0 Å². The minimum atomic E-state index is -0.264. The van der Waals surface area contributed by atoms with Gasteiger partial charge >= 0.3 is 0 Å². The molecular formula is C22H34N4O2S. The maximum atomic E-state index is 12.5. The Kier molecular flexibility index (Phi) is 8.14. The number of nitrogens with one attached hydrogen (secondary N) is 1. The number of amides is 1. The summed E-state index contributed by atoms with van der Waals surface area (Å²) in [6.45, 7) is 15.4. The third-order valence-electron chi connectivity index (χ3n) is 4.19. The number of aromatic nitrogens is 3. The maximum Gasteiger partial charge on any atom is 0.233 e. The second kappa shape index (κ2) is 10.1. The van der Waals surface area contributed by atoms with Crippen molar-refractivity contribution in [3.05, 3.63) is 35.7 Å². The lowest BCUT2D eigenvalue weighted by Crippen LogP contribution is -2.44. The summed E-state index contributed by atoms with van der Waals surface area (Å²) in [7, 11) is 0. The van der Waals surface area contributed by atoms with Gasteiger partial charge in [-0.3, -0.25) is 4.79 Å². The van der Waals surface area contributed by atoms with Crippen LogP contribution in [0.2, 0.25) is 0 Å². The van der Waals surface area contributed by atoms with Gasteiger partial charge in [0, 0.05) is 12.1 Å². The average Bonchev–Trinajstić information content (AvgIpc) is 2.99. The molecule has 0 bridgehead atoms. The van der Waals surface area contributed by atoms with Gasteiger partial charge in [-0.15, -0.1) is 10.2 Å². The molecule has 1 unspecified atom stereocenters. The molecular weight excluding hydrogens is 384 g/mol. The normalized spacial score (nSPS) is 12.8. The minimum Gasteiger partial charge on any atom is -0.486 e. The molecule has 0 saturated heterocycles. The fourth-order valence-corrected chi connectivity index (χ4v) is 3.59. The summed E-state index contributed by atoms with van der Waals surface area (Å²) in [6, 6.07) is 8.11. The Balaban J connectivity index is 2.11. The summed E-state index contributed by atoms with van der Waals surface area (Å²) in [5, 5.41) is 12.2. The highest BCUT2D eigenvalue weighted by molar-refractivity contribution is 8.00. The highest BCUT2D eigenvalue weighted by atomic mass is 32.2. The van der Waals surface area contributed by atoms with Gasteiger partial charge in [0.05, 0.1) is 5.25 Å². The molecule has 0 aliphatic heterocycles. The van der Waals surface area contributed by atoms with Crippen molar-refractivity contribution in [1.29, 1.82) is 0 Å². The molecule has 0 fully saturated rings. The monoisotopic (exact) mass is 418 g/mol. The number of ether oxygens (including phenoxy) is 1. The van der Waals surface area contributed by atoms with Gasteiger partial charge in [0.15, 0.2) is 11.0 Å². The van der Waals surface area contributed by atoms with E-state index in [1.165, 1.54) is 17.3 Å². The van der Waals surface area contributed by atoms with Crippen LogP contribution in [0.4, 0.5) is 0 Å². The summed E-state index contributed by atoms with van der Waals surface area (Å²) >= 11 is 1.43. The molecule has 1 atom stereocenters. The fourth-order valence-electron chi connectivity index (χ4n) is 2.71. The Morgan fingerprint density at radius 3 is 2.38 bits per heavy atom. The third kappa shape index (κ3) is 7.38. The largest absolute Gasteiger partial charge is 0.486 e. The first-order valence-corrected chi connectivity index (χ1v) is 11.1. The van der Waals surface area contributed by atoms with Crippen molar-refractivity contribution in [2.45, 2.75) is 84.0 Å². The number of aryl methyl sites for hydroxylation is 1. The zero-order chi connectivity index (χ0) is 21.6. The smallest absolute Gasteiger partial charge is 0.233 e. The van der Waals surface area contributed by atoms with E-state index in [9.17, 15) is 4.79 Å². The van der Waals surface area contributed by atoms with E-state index in [1.807, 2.05) is 39.8 Å². The second-order valence-electron chi connectivity index (χ2n) is 8.69. The van der Waals surface area contributed by atoms with Gasteiger partial charge in [-0.1, -0.05) is 44.7 Å². The second-order valence-corrected chi connectivity index (χ2v) is 10.00. The number of nitrogens with zero attached hydrogens (tertiary/aromatic N) is 3. The van der Waals surface area contributed by atoms with Crippen molar-refractivity contribution >= 4 is 17.7 Å². The maximum absolute atomic E-state index is 12.5. The van der Waals surface area contributed by atoms with E-state index in [4.69, 9.17) is 4.74 Å². The topological polar surface area (TPSA) is 69.0 Å². The van der Waals surface area contributed by atoms with E-state index in [0.29, 0.717) is 12.5 Å². The van der Waals surface area contributed by atoms with Gasteiger partial charge in [-0.2, -0.15) is 0 Å². The highest BCUT2D eigenvalue weighted by Gasteiger charge is 2.23. The van der Waals surface area contributed by atoms with Crippen molar-refractivity contribution in [2.24, 2.45) is 5.92 Å². The molecule has 1 N–H and O–H groups in total. The lowest BCUT2D eigenvalue weighted by atomic mass is 10.1. The van der Waals surface area contributed by atoms with E-state index in [0.717, 1.165) is 29.7 Å². The van der Waals surface area contributed by atoms with Crippen LogP contribution >= 0.6 is 11.8 Å². The lowest BCUT2D eigenvalue weighted by Gasteiger charge is -2.23. The molecule has 0 spiro atoms. The average molecular weight is 419 g/mol. The van der Waals surface area contributed by atoms with Crippen molar-refractivity contribution in [3.8, 4) is 5.75 Å². The number of hydrogen-bond acceptors (Lipinski definition) is 5. The Morgan fingerprint density at radius 1 is 1.17 bits per heavy atom. The van der Waals surface area contributed by atoms with Gasteiger partial charge in [0.2, 0.25) is 5.91 Å². The van der Waals surface area contributed by atoms with E-state index < -0.39 is 0 Å². The highest BCUT2D eigenvalue weighted by Crippen LogP contribution is 2.25. The molecule has 29 heavy (non-hydrogen) atoms. The minimum absolute atomic E-state index is 0.00425. The van der Waals surface area contributed by atoms with E-state index in [2.05, 4.69) is 53.0 Å². The van der Waals surface area contributed by atoms with Gasteiger partial charge < -0.3 is 14.6 Å². The molecule has 0 aliphatic rings. The first kappa shape index (κ1) is 23.3. The number of rotatable bonds is 9. The van der Waals surface area contributed by atoms with Crippen LogP contribution in [0.5, 0.6) is 5.75 Å². The first-order valence-electron chi connectivity index (χ1n) is 10.2. The van der Waals surface area contributed by atoms with Crippen LogP contribution in [-0.2, 0) is 24.4 Å². The Morgan fingerprint density at radius 2 is 1.83 bits per heavy atom. The molecule has 1 aromatic carbocycles. The molecule has 160 valence electrons. The van der Waals surface area contributed by atoms with Crippen LogP contribution in [0.15, 0.2) is 29.4 Å². The number of carbonyl (C=O) groups excluding carboxylic acids is 1. The third-order valence-corrected chi connectivity index (χ3v) is 5.27. The molecule has 0 aliphatic carbocycles. The van der Waals surface area contributed by atoms with Crippen molar-refractivity contribution in [2.75, 3.05) is 0 Å². The van der Waals surface area contributed by atoms with E-state index in [1.54, 1.807) is 0 Å². The molecule has 0 saturated carbocycles. The Hall–Kier alpha value is -2.02. The van der Waals surface area contributed by atoms with Gasteiger partial charge in [-0.25, -0.2) is 0 Å². The lowest BCUT2D eigenvalue weighted by molar-refractivity contribution is -0.121. The number of thioether (sulfide) groups is 1. The van der Waals surface area contributed by atoms with Crippen LogP contribution in [0, 0.1) is 5.92 Å². The zero-order valence-corrected chi connectivity index (χ0v) is 19.5. The van der Waals surface area contributed by atoms with Gasteiger partial charge in [0.1, 0.15) is 12.4 Å². The zero-order valence-electron chi connectivity index (χ0n) is 18.7. The Labute approximate surface area is 178 Å². The summed E-state index contributed by atoms with van der Waals surface area (Å²) < 4.78 is 8.00. The number of hydrogen-bond donors (Lipinski definition) is 1. The van der Waals surface area contributed by atoms with Crippen molar-refractivity contribution in [3.63, 3.8) is 0 Å². The van der Waals surface area contributed by atoms with Crippen LogP contribution in [0.1, 0.15) is 59.9 Å². The van der Waals surface area contributed by atoms with Gasteiger partial charge in [0.25, 0.3) is 0 Å². The van der Waals surface area contributed by atoms with E-state index in [-0.39, 0.29) is 16.7 Å². The summed E-state index contributed by atoms with van der Waals surface area (Å²) in [6.07, 6.45) is 1.00. The quantitative estimate of drug-likeness (QED) is 0.609. The summed E-state index contributed by atoms with van der Waals surface area (Å²) in [5.41, 5.74) is 1.02. The Bertz CT molecular complexity index is 794. The van der Waals surface area contributed by atoms with Crippen LogP contribution in [-0.4, -0.2) is 31.5 Å². The fraction of sp³-hybridized carbons (Fsp3) is 0.591. The van der Waals surface area contributed by atoms with Crippen LogP contribution in [0.3, 0.4) is 0 Å². The summed E-state index contributed by atoms with van der Waals surface area (Å²) in [4.78, 5) is 12.5. The molecule has 7 heteroatoms. The van der Waals surface area contributed by atoms with Crippen LogP contribution < -0.4 is 10.1 Å².